The lowest BCUT2D eigenvalue weighted by Gasteiger charge is -2.40. The van der Waals surface area contributed by atoms with E-state index in [1.165, 1.54) is 0 Å². The molecule has 0 fully saturated rings. The third kappa shape index (κ3) is 4.54. The summed E-state index contributed by atoms with van der Waals surface area (Å²) >= 11 is 3.43. The lowest BCUT2D eigenvalue weighted by atomic mass is 9.85. The molecule has 1 N–H and O–H groups in total. The maximum absolute atomic E-state index is 6.14. The topological polar surface area (TPSA) is 34.2 Å². The summed E-state index contributed by atoms with van der Waals surface area (Å²) in [6.07, 6.45) is 4.76. The number of ether oxygens (including phenoxy) is 1. The molecular weight excluding hydrogens is 316 g/mol. The van der Waals surface area contributed by atoms with Crippen molar-refractivity contribution >= 4 is 15.9 Å². The zero-order chi connectivity index (χ0) is 15.0. The predicted molar refractivity (Wildman–Crippen MR) is 88.0 cm³/mol. The Labute approximate surface area is 131 Å². The predicted octanol–water partition coefficient (Wildman–Crippen LogP) is 3.96. The molecule has 0 aromatic carbocycles. The third-order valence-corrected chi connectivity index (χ3v) is 4.39. The van der Waals surface area contributed by atoms with Gasteiger partial charge in [-0.05, 0) is 54.4 Å². The van der Waals surface area contributed by atoms with Crippen molar-refractivity contribution in [3.05, 3.63) is 28.5 Å². The fourth-order valence-corrected chi connectivity index (χ4v) is 3.00. The largest absolute Gasteiger partial charge is 0.374 e. The van der Waals surface area contributed by atoms with E-state index in [2.05, 4.69) is 60.0 Å². The number of likely N-dealkylation sites (N-methyl/N-ethyl adjacent to an activating group) is 1. The monoisotopic (exact) mass is 342 g/mol. The van der Waals surface area contributed by atoms with Gasteiger partial charge in [-0.15, -0.1) is 0 Å². The highest BCUT2D eigenvalue weighted by molar-refractivity contribution is 9.10. The van der Waals surface area contributed by atoms with Crippen molar-refractivity contribution < 1.29 is 4.74 Å². The number of nitrogens with one attached hydrogen (secondary N) is 1. The zero-order valence-electron chi connectivity index (χ0n) is 13.1. The lowest BCUT2D eigenvalue weighted by molar-refractivity contribution is -0.0717. The van der Waals surface area contributed by atoms with Crippen LogP contribution in [0.5, 0.6) is 0 Å². The van der Waals surface area contributed by atoms with Crippen LogP contribution in [0.2, 0.25) is 0 Å². The summed E-state index contributed by atoms with van der Waals surface area (Å²) in [5, 5.41) is 3.60. The van der Waals surface area contributed by atoms with Crippen molar-refractivity contribution in [2.45, 2.75) is 58.6 Å². The Morgan fingerprint density at radius 1 is 1.25 bits per heavy atom. The van der Waals surface area contributed by atoms with Gasteiger partial charge in [-0.2, -0.15) is 0 Å². The summed E-state index contributed by atoms with van der Waals surface area (Å²) in [6.45, 7) is 10.3. The Balaban J connectivity index is 2.93. The van der Waals surface area contributed by atoms with Crippen molar-refractivity contribution in [3.63, 3.8) is 0 Å². The van der Waals surface area contributed by atoms with Crippen LogP contribution < -0.4 is 5.32 Å². The SMILES string of the molecule is CCNC(Cc1ccc(Br)cn1)C(CC)(CC)OCC. The number of pyridine rings is 1. The first kappa shape index (κ1) is 17.6. The number of hydrogen-bond donors (Lipinski definition) is 1. The Morgan fingerprint density at radius 3 is 2.40 bits per heavy atom. The molecule has 114 valence electrons. The smallest absolute Gasteiger partial charge is 0.0833 e. The van der Waals surface area contributed by atoms with Crippen LogP contribution in [0.1, 0.15) is 46.2 Å². The van der Waals surface area contributed by atoms with Crippen LogP contribution in [0.25, 0.3) is 0 Å². The van der Waals surface area contributed by atoms with Crippen LogP contribution >= 0.6 is 15.9 Å². The minimum atomic E-state index is -0.112. The number of rotatable bonds is 9. The fourth-order valence-electron chi connectivity index (χ4n) is 2.76. The summed E-state index contributed by atoms with van der Waals surface area (Å²) in [6, 6.07) is 4.42. The molecule has 1 aromatic rings. The highest BCUT2D eigenvalue weighted by atomic mass is 79.9. The van der Waals surface area contributed by atoms with Gasteiger partial charge in [0.15, 0.2) is 0 Å². The summed E-state index contributed by atoms with van der Waals surface area (Å²) in [4.78, 5) is 4.50. The second-order valence-electron chi connectivity index (χ2n) is 4.99. The van der Waals surface area contributed by atoms with Gasteiger partial charge >= 0.3 is 0 Å². The van der Waals surface area contributed by atoms with E-state index < -0.39 is 0 Å². The first-order valence-corrected chi connectivity index (χ1v) is 8.38. The molecule has 1 aromatic heterocycles. The fraction of sp³-hybridized carbons (Fsp3) is 0.688. The van der Waals surface area contributed by atoms with Gasteiger partial charge in [0.2, 0.25) is 0 Å². The number of nitrogens with zero attached hydrogens (tertiary/aromatic N) is 1. The molecule has 0 saturated carbocycles. The summed E-state index contributed by atoms with van der Waals surface area (Å²) in [5.41, 5.74) is 0.990. The molecular formula is C16H27BrN2O. The van der Waals surface area contributed by atoms with Gasteiger partial charge in [-0.25, -0.2) is 0 Å². The van der Waals surface area contributed by atoms with E-state index in [0.29, 0.717) is 0 Å². The Hall–Kier alpha value is -0.450. The van der Waals surface area contributed by atoms with Crippen LogP contribution in [-0.2, 0) is 11.2 Å². The van der Waals surface area contributed by atoms with Gasteiger partial charge in [0, 0.05) is 35.4 Å². The molecule has 4 heteroatoms. The Morgan fingerprint density at radius 2 is 1.95 bits per heavy atom. The molecule has 20 heavy (non-hydrogen) atoms. The van der Waals surface area contributed by atoms with Gasteiger partial charge in [-0.1, -0.05) is 20.8 Å². The minimum absolute atomic E-state index is 0.112. The molecule has 0 amide bonds. The molecule has 0 aliphatic carbocycles. The van der Waals surface area contributed by atoms with Gasteiger partial charge in [0.05, 0.1) is 5.60 Å². The second kappa shape index (κ2) is 8.75. The molecule has 0 spiro atoms. The zero-order valence-corrected chi connectivity index (χ0v) is 14.7. The number of halogens is 1. The van der Waals surface area contributed by atoms with Gasteiger partial charge in [-0.3, -0.25) is 4.98 Å². The van der Waals surface area contributed by atoms with Crippen molar-refractivity contribution in [2.75, 3.05) is 13.2 Å². The molecule has 0 radical (unpaired) electrons. The van der Waals surface area contributed by atoms with E-state index in [-0.39, 0.29) is 11.6 Å². The molecule has 0 aliphatic rings. The minimum Gasteiger partial charge on any atom is -0.374 e. The normalized spacial score (nSPS) is 13.4. The average Bonchev–Trinajstić information content (AvgIpc) is 2.47. The van der Waals surface area contributed by atoms with E-state index in [0.717, 1.165) is 42.6 Å². The van der Waals surface area contributed by atoms with Crippen LogP contribution in [0.15, 0.2) is 22.8 Å². The van der Waals surface area contributed by atoms with Crippen LogP contribution in [0.3, 0.4) is 0 Å². The van der Waals surface area contributed by atoms with Gasteiger partial charge in [0.25, 0.3) is 0 Å². The van der Waals surface area contributed by atoms with E-state index >= 15 is 0 Å². The van der Waals surface area contributed by atoms with Gasteiger partial charge in [0.1, 0.15) is 0 Å². The van der Waals surface area contributed by atoms with Crippen LogP contribution in [0.4, 0.5) is 0 Å². The molecule has 1 atom stereocenters. The lowest BCUT2D eigenvalue weighted by Crippen LogP contribution is -2.53. The van der Waals surface area contributed by atoms with Crippen LogP contribution in [0, 0.1) is 0 Å². The van der Waals surface area contributed by atoms with Crippen molar-refractivity contribution in [1.82, 2.24) is 10.3 Å². The number of aromatic nitrogens is 1. The first-order valence-electron chi connectivity index (χ1n) is 7.59. The van der Waals surface area contributed by atoms with Gasteiger partial charge < -0.3 is 10.1 Å². The molecule has 1 unspecified atom stereocenters. The highest BCUT2D eigenvalue weighted by Gasteiger charge is 2.36. The Bertz CT molecular complexity index is 377. The molecule has 3 nitrogen and oxygen atoms in total. The molecule has 1 heterocycles. The summed E-state index contributed by atoms with van der Waals surface area (Å²) < 4.78 is 7.16. The maximum Gasteiger partial charge on any atom is 0.0833 e. The molecule has 0 bridgehead atoms. The molecule has 1 rings (SSSR count). The van der Waals surface area contributed by atoms with E-state index in [1.807, 2.05) is 12.3 Å². The summed E-state index contributed by atoms with van der Waals surface area (Å²) in [7, 11) is 0. The van der Waals surface area contributed by atoms with Crippen LogP contribution in [-0.4, -0.2) is 29.8 Å². The standard InChI is InChI=1S/C16H27BrN2O/c1-5-16(6-2,20-8-4)15(18-7-3)11-14-10-9-13(17)12-19-14/h9-10,12,15,18H,5-8,11H2,1-4H3. The van der Waals surface area contributed by atoms with Crippen molar-refractivity contribution in [1.29, 1.82) is 0 Å². The quantitative estimate of drug-likeness (QED) is 0.737. The highest BCUT2D eigenvalue weighted by Crippen LogP contribution is 2.27. The Kier molecular flexibility index (Phi) is 7.70. The van der Waals surface area contributed by atoms with E-state index in [4.69, 9.17) is 4.74 Å². The summed E-state index contributed by atoms with van der Waals surface area (Å²) in [5.74, 6) is 0. The number of hydrogen-bond acceptors (Lipinski definition) is 3. The molecule has 0 saturated heterocycles. The molecule has 0 aliphatic heterocycles. The van der Waals surface area contributed by atoms with Crippen molar-refractivity contribution in [3.8, 4) is 0 Å². The van der Waals surface area contributed by atoms with Crippen molar-refractivity contribution in [2.24, 2.45) is 0 Å². The first-order chi connectivity index (χ1) is 9.61. The third-order valence-electron chi connectivity index (χ3n) is 3.92. The van der Waals surface area contributed by atoms with E-state index in [9.17, 15) is 0 Å². The second-order valence-corrected chi connectivity index (χ2v) is 5.90. The maximum atomic E-state index is 6.14. The average molecular weight is 343 g/mol. The van der Waals surface area contributed by atoms with E-state index in [1.54, 1.807) is 0 Å².